The third-order valence-electron chi connectivity index (χ3n) is 0.980. The van der Waals surface area contributed by atoms with Crippen molar-refractivity contribution in [1.82, 2.24) is 0 Å². The Balaban J connectivity index is 0. The molecule has 0 aliphatic heterocycles. The third-order valence-corrected chi connectivity index (χ3v) is 2.94. The molecule has 0 amide bonds. The molecule has 0 aromatic carbocycles. The van der Waals surface area contributed by atoms with E-state index in [1.54, 1.807) is 20.8 Å². The predicted molar refractivity (Wildman–Crippen MR) is 50.0 cm³/mol. The van der Waals surface area contributed by atoms with E-state index < -0.39 is 9.05 Å². The van der Waals surface area contributed by atoms with E-state index >= 15 is 0 Å². The quantitative estimate of drug-likeness (QED) is 0.634. The van der Waals surface area contributed by atoms with Crippen LogP contribution in [0.25, 0.3) is 0 Å². The van der Waals surface area contributed by atoms with Gasteiger partial charge in [-0.05, 0) is 20.8 Å². The van der Waals surface area contributed by atoms with Gasteiger partial charge in [0, 0.05) is 19.8 Å². The molecule has 0 rings (SSSR count). The van der Waals surface area contributed by atoms with E-state index in [-0.39, 0.29) is 51.4 Å². The van der Waals surface area contributed by atoms with Crippen LogP contribution in [0.5, 0.6) is 0 Å². The van der Waals surface area contributed by atoms with Crippen molar-refractivity contribution >= 4 is 60.4 Å². The molecular weight excluding hydrogens is 203 g/mol. The third kappa shape index (κ3) is 7.13. The van der Waals surface area contributed by atoms with Gasteiger partial charge in [0.25, 0.3) is 0 Å². The molecule has 4 nitrogen and oxygen atoms in total. The molecule has 12 heavy (non-hydrogen) atoms. The van der Waals surface area contributed by atoms with Crippen LogP contribution in [0.3, 0.4) is 0 Å². The van der Waals surface area contributed by atoms with Crippen molar-refractivity contribution in [3.05, 3.63) is 0 Å². The van der Waals surface area contributed by atoms with Gasteiger partial charge in [0.2, 0.25) is 0 Å². The second-order valence-electron chi connectivity index (χ2n) is 1.82. The summed E-state index contributed by atoms with van der Waals surface area (Å²) in [6, 6.07) is 0. The SMILES string of the molecule is CCO[Si](O)(OCC)OCC.[KH]. The van der Waals surface area contributed by atoms with Gasteiger partial charge in [-0.15, -0.1) is 0 Å². The molecule has 0 unspecified atom stereocenters. The van der Waals surface area contributed by atoms with E-state index in [2.05, 4.69) is 0 Å². The zero-order valence-corrected chi connectivity index (χ0v) is 8.29. The first kappa shape index (κ1) is 16.1. The molecule has 0 heterocycles. The fraction of sp³-hybridized carbons (Fsp3) is 1.00. The van der Waals surface area contributed by atoms with Gasteiger partial charge in [-0.1, -0.05) is 0 Å². The zero-order chi connectivity index (χ0) is 8.74. The van der Waals surface area contributed by atoms with Crippen LogP contribution in [0.1, 0.15) is 20.8 Å². The van der Waals surface area contributed by atoms with Gasteiger partial charge in [-0.3, -0.25) is 0 Å². The fourth-order valence-corrected chi connectivity index (χ4v) is 2.02. The number of hydrogen-bond acceptors (Lipinski definition) is 4. The molecule has 0 bridgehead atoms. The minimum absolute atomic E-state index is 0. The summed E-state index contributed by atoms with van der Waals surface area (Å²) in [4.78, 5) is 9.48. The predicted octanol–water partition coefficient (Wildman–Crippen LogP) is -0.125. The Morgan fingerprint density at radius 1 is 0.917 bits per heavy atom. The average Bonchev–Trinajstić information content (AvgIpc) is 1.88. The summed E-state index contributed by atoms with van der Waals surface area (Å²) in [6.07, 6.45) is 0. The Morgan fingerprint density at radius 2 is 1.17 bits per heavy atom. The Hall–Kier alpha value is 1.69. The molecule has 0 fully saturated rings. The van der Waals surface area contributed by atoms with Crippen LogP contribution >= 0.6 is 0 Å². The molecule has 0 aromatic heterocycles. The Kier molecular flexibility index (Phi) is 12.4. The van der Waals surface area contributed by atoms with Gasteiger partial charge in [0.1, 0.15) is 0 Å². The van der Waals surface area contributed by atoms with Crippen LogP contribution in [0.4, 0.5) is 0 Å². The average molecular weight is 220 g/mol. The molecule has 0 spiro atoms. The first-order chi connectivity index (χ1) is 5.18. The van der Waals surface area contributed by atoms with E-state index in [0.717, 1.165) is 0 Å². The maximum atomic E-state index is 9.48. The van der Waals surface area contributed by atoms with Gasteiger partial charge >= 0.3 is 60.4 Å². The second-order valence-corrected chi connectivity index (χ2v) is 3.74. The molecule has 0 radical (unpaired) electrons. The van der Waals surface area contributed by atoms with Crippen LogP contribution in [-0.2, 0) is 13.3 Å². The van der Waals surface area contributed by atoms with Crippen LogP contribution in [0.15, 0.2) is 0 Å². The van der Waals surface area contributed by atoms with Gasteiger partial charge in [0.05, 0.1) is 0 Å². The summed E-state index contributed by atoms with van der Waals surface area (Å²) in [6.45, 7) is 6.58. The Labute approximate surface area is 117 Å². The summed E-state index contributed by atoms with van der Waals surface area (Å²) in [7, 11) is -3.25. The van der Waals surface area contributed by atoms with Crippen LogP contribution in [0.2, 0.25) is 0 Å². The van der Waals surface area contributed by atoms with Gasteiger partial charge < -0.3 is 18.1 Å². The van der Waals surface area contributed by atoms with Crippen LogP contribution in [0, 0.1) is 0 Å². The Bertz CT molecular complexity index is 86.5. The van der Waals surface area contributed by atoms with Gasteiger partial charge in [-0.2, -0.15) is 0 Å². The Morgan fingerprint density at radius 3 is 1.33 bits per heavy atom. The second kappa shape index (κ2) is 9.26. The molecule has 0 aliphatic rings. The van der Waals surface area contributed by atoms with Crippen LogP contribution < -0.4 is 0 Å². The van der Waals surface area contributed by atoms with Crippen LogP contribution in [-0.4, -0.2) is 85.0 Å². The van der Waals surface area contributed by atoms with Crippen molar-refractivity contribution in [2.75, 3.05) is 19.8 Å². The standard InChI is InChI=1S/C6H16O4Si.K.H/c1-4-8-11(7,9-5-2)10-6-3;;/h7H,4-6H2,1-3H3;;. The van der Waals surface area contributed by atoms with Gasteiger partial charge in [0.15, 0.2) is 0 Å². The molecule has 70 valence electrons. The molecule has 0 saturated carbocycles. The summed E-state index contributed by atoms with van der Waals surface area (Å²) in [5.41, 5.74) is 0. The number of rotatable bonds is 6. The summed E-state index contributed by atoms with van der Waals surface area (Å²) in [5.74, 6) is 0. The molecule has 0 saturated heterocycles. The van der Waals surface area contributed by atoms with Gasteiger partial charge in [-0.25, -0.2) is 0 Å². The van der Waals surface area contributed by atoms with Crippen molar-refractivity contribution in [2.45, 2.75) is 20.8 Å². The van der Waals surface area contributed by atoms with E-state index in [9.17, 15) is 4.80 Å². The normalized spacial score (nSPS) is 11.0. The number of hydrogen-bond donors (Lipinski definition) is 1. The van der Waals surface area contributed by atoms with Crippen molar-refractivity contribution in [1.29, 1.82) is 0 Å². The first-order valence-corrected chi connectivity index (χ1v) is 5.50. The van der Waals surface area contributed by atoms with E-state index in [0.29, 0.717) is 19.8 Å². The van der Waals surface area contributed by atoms with E-state index in [1.165, 1.54) is 0 Å². The summed E-state index contributed by atoms with van der Waals surface area (Å²) in [5, 5.41) is 0. The maximum absolute atomic E-state index is 9.48. The monoisotopic (exact) mass is 220 g/mol. The molecule has 1 N–H and O–H groups in total. The first-order valence-electron chi connectivity index (χ1n) is 3.82. The van der Waals surface area contributed by atoms with Crippen molar-refractivity contribution in [3.63, 3.8) is 0 Å². The zero-order valence-electron chi connectivity index (χ0n) is 7.29. The summed E-state index contributed by atoms with van der Waals surface area (Å²) < 4.78 is 14.9. The molecule has 0 aliphatic carbocycles. The van der Waals surface area contributed by atoms with Crippen molar-refractivity contribution in [2.24, 2.45) is 0 Å². The molecule has 0 atom stereocenters. The fourth-order valence-electron chi connectivity index (χ4n) is 0.672. The summed E-state index contributed by atoms with van der Waals surface area (Å²) >= 11 is 0. The van der Waals surface area contributed by atoms with E-state index in [4.69, 9.17) is 13.3 Å². The molecule has 0 aromatic rings. The minimum atomic E-state index is -3.25. The van der Waals surface area contributed by atoms with E-state index in [1.807, 2.05) is 0 Å². The molecular formula is C6H17KO4Si. The molecule has 6 heteroatoms. The topological polar surface area (TPSA) is 47.9 Å². The van der Waals surface area contributed by atoms with Crippen molar-refractivity contribution < 1.29 is 18.1 Å². The van der Waals surface area contributed by atoms with Crippen molar-refractivity contribution in [3.8, 4) is 0 Å².